The number of nitrogens with zero attached hydrogens (tertiary/aromatic N) is 1. The third-order valence-corrected chi connectivity index (χ3v) is 2.15. The highest BCUT2D eigenvalue weighted by atomic mass is 16.4. The second-order valence-corrected chi connectivity index (χ2v) is 3.58. The molecule has 0 spiro atoms. The van der Waals surface area contributed by atoms with E-state index in [-0.39, 0.29) is 11.9 Å². The number of amides is 2. The van der Waals surface area contributed by atoms with Crippen molar-refractivity contribution >= 4 is 12.0 Å². The molecule has 0 aliphatic carbocycles. The van der Waals surface area contributed by atoms with Crippen LogP contribution in [0.15, 0.2) is 0 Å². The Morgan fingerprint density at radius 2 is 2.21 bits per heavy atom. The SMILES string of the molecule is CC(C)[C@@H](C(=O)O)N1CCNNC1=O. The number of carboxylic acids is 1. The quantitative estimate of drug-likeness (QED) is 0.581. The van der Waals surface area contributed by atoms with Crippen molar-refractivity contribution in [3.63, 3.8) is 0 Å². The maximum atomic E-state index is 11.3. The second-order valence-electron chi connectivity index (χ2n) is 3.58. The van der Waals surface area contributed by atoms with E-state index in [0.717, 1.165) is 0 Å². The summed E-state index contributed by atoms with van der Waals surface area (Å²) < 4.78 is 0. The fourth-order valence-electron chi connectivity index (χ4n) is 1.53. The Bertz CT molecular complexity index is 242. The lowest BCUT2D eigenvalue weighted by atomic mass is 10.0. The summed E-state index contributed by atoms with van der Waals surface area (Å²) in [5.74, 6) is -1.06. The molecule has 14 heavy (non-hydrogen) atoms. The van der Waals surface area contributed by atoms with Gasteiger partial charge in [-0.05, 0) is 5.92 Å². The number of carbonyl (C=O) groups excluding carboxylic acids is 1. The molecule has 1 heterocycles. The molecule has 1 saturated heterocycles. The van der Waals surface area contributed by atoms with E-state index in [4.69, 9.17) is 5.11 Å². The van der Waals surface area contributed by atoms with Crippen molar-refractivity contribution in [1.29, 1.82) is 0 Å². The van der Waals surface area contributed by atoms with Crippen molar-refractivity contribution in [2.45, 2.75) is 19.9 Å². The van der Waals surface area contributed by atoms with Crippen molar-refractivity contribution in [3.8, 4) is 0 Å². The first kappa shape index (κ1) is 10.8. The van der Waals surface area contributed by atoms with E-state index in [0.29, 0.717) is 13.1 Å². The van der Waals surface area contributed by atoms with Crippen LogP contribution in [-0.4, -0.2) is 41.1 Å². The smallest absolute Gasteiger partial charge is 0.332 e. The fraction of sp³-hybridized carbons (Fsp3) is 0.750. The van der Waals surface area contributed by atoms with Gasteiger partial charge in [-0.3, -0.25) is 5.43 Å². The van der Waals surface area contributed by atoms with Crippen LogP contribution in [-0.2, 0) is 4.79 Å². The van der Waals surface area contributed by atoms with Crippen LogP contribution in [0.4, 0.5) is 4.79 Å². The zero-order valence-corrected chi connectivity index (χ0v) is 8.28. The summed E-state index contributed by atoms with van der Waals surface area (Å²) in [4.78, 5) is 23.6. The van der Waals surface area contributed by atoms with Gasteiger partial charge in [0.1, 0.15) is 6.04 Å². The van der Waals surface area contributed by atoms with Gasteiger partial charge in [-0.2, -0.15) is 0 Å². The fourth-order valence-corrected chi connectivity index (χ4v) is 1.53. The Labute approximate surface area is 82.2 Å². The van der Waals surface area contributed by atoms with E-state index >= 15 is 0 Å². The molecule has 1 aliphatic rings. The van der Waals surface area contributed by atoms with Crippen LogP contribution in [0.3, 0.4) is 0 Å². The van der Waals surface area contributed by atoms with E-state index < -0.39 is 12.0 Å². The Morgan fingerprint density at radius 1 is 1.57 bits per heavy atom. The van der Waals surface area contributed by atoms with Gasteiger partial charge in [-0.25, -0.2) is 15.0 Å². The van der Waals surface area contributed by atoms with Crippen molar-refractivity contribution < 1.29 is 14.7 Å². The third-order valence-electron chi connectivity index (χ3n) is 2.15. The summed E-state index contributed by atoms with van der Waals surface area (Å²) in [6.45, 7) is 4.55. The Hall–Kier alpha value is -1.30. The lowest BCUT2D eigenvalue weighted by Crippen LogP contribution is -2.61. The molecule has 6 heteroatoms. The number of hydrogen-bond donors (Lipinski definition) is 3. The number of nitrogens with one attached hydrogen (secondary N) is 2. The summed E-state index contributed by atoms with van der Waals surface area (Å²) in [7, 11) is 0. The molecule has 2 amide bonds. The van der Waals surface area contributed by atoms with Crippen LogP contribution in [0.5, 0.6) is 0 Å². The van der Waals surface area contributed by atoms with Crippen LogP contribution in [0.2, 0.25) is 0 Å². The number of rotatable bonds is 3. The summed E-state index contributed by atoms with van der Waals surface area (Å²) in [5.41, 5.74) is 5.06. The Balaban J connectivity index is 2.75. The Kier molecular flexibility index (Phi) is 3.29. The average molecular weight is 201 g/mol. The van der Waals surface area contributed by atoms with Crippen LogP contribution in [0, 0.1) is 5.92 Å². The number of hydrogen-bond acceptors (Lipinski definition) is 3. The highest BCUT2D eigenvalue weighted by molar-refractivity contribution is 5.83. The molecule has 1 atom stereocenters. The van der Waals surface area contributed by atoms with Gasteiger partial charge in [0, 0.05) is 13.1 Å². The van der Waals surface area contributed by atoms with E-state index in [2.05, 4.69) is 10.9 Å². The lowest BCUT2D eigenvalue weighted by Gasteiger charge is -2.34. The molecule has 1 rings (SSSR count). The van der Waals surface area contributed by atoms with Crippen molar-refractivity contribution in [2.24, 2.45) is 5.92 Å². The van der Waals surface area contributed by atoms with Gasteiger partial charge in [0.05, 0.1) is 0 Å². The number of carbonyl (C=O) groups is 2. The molecule has 0 radical (unpaired) electrons. The second kappa shape index (κ2) is 4.28. The first-order valence-electron chi connectivity index (χ1n) is 4.56. The average Bonchev–Trinajstić information content (AvgIpc) is 2.07. The predicted molar refractivity (Wildman–Crippen MR) is 49.5 cm³/mol. The van der Waals surface area contributed by atoms with Crippen molar-refractivity contribution in [3.05, 3.63) is 0 Å². The van der Waals surface area contributed by atoms with Crippen molar-refractivity contribution in [1.82, 2.24) is 15.8 Å². The van der Waals surface area contributed by atoms with E-state index in [1.807, 2.05) is 0 Å². The highest BCUT2D eigenvalue weighted by Crippen LogP contribution is 2.12. The van der Waals surface area contributed by atoms with Gasteiger partial charge in [-0.1, -0.05) is 13.8 Å². The monoisotopic (exact) mass is 201 g/mol. The zero-order chi connectivity index (χ0) is 10.7. The zero-order valence-electron chi connectivity index (χ0n) is 8.28. The van der Waals surface area contributed by atoms with Gasteiger partial charge in [0.15, 0.2) is 0 Å². The summed E-state index contributed by atoms with van der Waals surface area (Å²) in [6.07, 6.45) is 0. The summed E-state index contributed by atoms with van der Waals surface area (Å²) in [6, 6.07) is -1.13. The maximum Gasteiger partial charge on any atom is 0.332 e. The number of hydrazine groups is 1. The molecule has 1 fully saturated rings. The number of aliphatic carboxylic acids is 1. The normalized spacial score (nSPS) is 19.4. The Morgan fingerprint density at radius 3 is 2.64 bits per heavy atom. The molecule has 0 aromatic carbocycles. The minimum absolute atomic E-state index is 0.101. The standard InChI is InChI=1S/C8H15N3O3/c1-5(2)6(7(12)13)11-4-3-9-10-8(11)14/h5-6,9H,3-4H2,1-2H3,(H,10,14)(H,12,13)/t6-/m0/s1. The van der Waals surface area contributed by atoms with Crippen molar-refractivity contribution in [2.75, 3.05) is 13.1 Å². The summed E-state index contributed by atoms with van der Waals surface area (Å²) in [5, 5.41) is 8.97. The number of urea groups is 1. The van der Waals surface area contributed by atoms with E-state index in [9.17, 15) is 9.59 Å². The van der Waals surface area contributed by atoms with Crippen LogP contribution < -0.4 is 10.9 Å². The topological polar surface area (TPSA) is 81.7 Å². The molecule has 0 aromatic heterocycles. The molecular weight excluding hydrogens is 186 g/mol. The molecular formula is C8H15N3O3. The lowest BCUT2D eigenvalue weighted by molar-refractivity contribution is -0.144. The minimum Gasteiger partial charge on any atom is -0.480 e. The van der Waals surface area contributed by atoms with Gasteiger partial charge in [0.25, 0.3) is 0 Å². The third kappa shape index (κ3) is 2.14. The molecule has 3 N–H and O–H groups in total. The predicted octanol–water partition coefficient (Wildman–Crippen LogP) is -0.375. The highest BCUT2D eigenvalue weighted by Gasteiger charge is 2.33. The molecule has 0 unspecified atom stereocenters. The van der Waals surface area contributed by atoms with E-state index in [1.165, 1.54) is 4.90 Å². The molecule has 6 nitrogen and oxygen atoms in total. The van der Waals surface area contributed by atoms with Crippen LogP contribution in [0.25, 0.3) is 0 Å². The minimum atomic E-state index is -0.961. The number of carboxylic acid groups (broad SMARTS) is 1. The molecule has 0 aromatic rings. The van der Waals surface area contributed by atoms with Gasteiger partial charge < -0.3 is 10.0 Å². The van der Waals surface area contributed by atoms with Crippen LogP contribution >= 0.6 is 0 Å². The molecule has 1 aliphatic heterocycles. The summed E-state index contributed by atoms with van der Waals surface area (Å²) >= 11 is 0. The van der Waals surface area contributed by atoms with Gasteiger partial charge in [0.2, 0.25) is 0 Å². The molecule has 0 saturated carbocycles. The largest absolute Gasteiger partial charge is 0.480 e. The van der Waals surface area contributed by atoms with Gasteiger partial charge in [-0.15, -0.1) is 0 Å². The van der Waals surface area contributed by atoms with Crippen LogP contribution in [0.1, 0.15) is 13.8 Å². The first-order valence-corrected chi connectivity index (χ1v) is 4.56. The molecule has 0 bridgehead atoms. The maximum absolute atomic E-state index is 11.3. The first-order chi connectivity index (χ1) is 6.54. The van der Waals surface area contributed by atoms with E-state index in [1.54, 1.807) is 13.8 Å². The molecule has 80 valence electrons. The van der Waals surface area contributed by atoms with Gasteiger partial charge >= 0.3 is 12.0 Å².